The number of nitrogens with one attached hydrogen (secondary N) is 1. The lowest BCUT2D eigenvalue weighted by atomic mass is 9.65. The van der Waals surface area contributed by atoms with Gasteiger partial charge in [-0.1, -0.05) is 19.9 Å². The maximum absolute atomic E-state index is 14.1. The molecule has 0 saturated carbocycles. The number of H-pyrrole nitrogens is 1. The minimum absolute atomic E-state index is 0.0647. The Balaban J connectivity index is 1.30. The van der Waals surface area contributed by atoms with E-state index in [1.807, 2.05) is 11.9 Å². The molecule has 258 valence electrons. The van der Waals surface area contributed by atoms with Crippen LogP contribution in [0.5, 0.6) is 0 Å². The number of carbonyl (C=O) groups is 1. The Morgan fingerprint density at radius 3 is 2.49 bits per heavy atom. The molecule has 1 fully saturated rings. The number of hydrogen-bond acceptors (Lipinski definition) is 5. The Bertz CT molecular complexity index is 1570. The average Bonchev–Trinajstić information content (AvgIpc) is 3.41. The maximum Gasteiger partial charge on any atom is 0.418 e. The molecule has 0 spiro atoms. The zero-order chi connectivity index (χ0) is 34.1. The van der Waals surface area contributed by atoms with Gasteiger partial charge < -0.3 is 24.3 Å². The third-order valence-corrected chi connectivity index (χ3v) is 9.19. The van der Waals surface area contributed by atoms with Gasteiger partial charge in [0.05, 0.1) is 29.9 Å². The first-order valence-electron chi connectivity index (χ1n) is 15.8. The molecule has 2 aromatic carbocycles. The largest absolute Gasteiger partial charge is 0.442 e. The number of ether oxygens (including phenoxy) is 2. The summed E-state index contributed by atoms with van der Waals surface area (Å²) in [5, 5.41) is 0. The number of halogens is 7. The number of benzene rings is 2. The van der Waals surface area contributed by atoms with Crippen LogP contribution in [-0.2, 0) is 34.7 Å². The summed E-state index contributed by atoms with van der Waals surface area (Å²) in [5.41, 5.74) is -2.71. The van der Waals surface area contributed by atoms with Gasteiger partial charge in [0.25, 0.3) is 0 Å². The predicted octanol–water partition coefficient (Wildman–Crippen LogP) is 7.59. The van der Waals surface area contributed by atoms with E-state index in [1.165, 1.54) is 6.07 Å². The van der Waals surface area contributed by atoms with E-state index in [-0.39, 0.29) is 41.5 Å². The molecule has 3 aromatic rings. The third-order valence-electron chi connectivity index (χ3n) is 9.19. The molecule has 2 aliphatic rings. The van der Waals surface area contributed by atoms with Crippen LogP contribution in [0, 0.1) is 11.7 Å². The number of amides is 1. The molecule has 5 rings (SSSR count). The number of rotatable bonds is 9. The summed E-state index contributed by atoms with van der Waals surface area (Å²) in [5.74, 6) is -0.283. The summed E-state index contributed by atoms with van der Waals surface area (Å²) in [4.78, 5) is 23.8. The molecule has 2 atom stereocenters. The maximum atomic E-state index is 14.1. The van der Waals surface area contributed by atoms with Gasteiger partial charge in [-0.15, -0.1) is 0 Å². The molecule has 2 heterocycles. The summed E-state index contributed by atoms with van der Waals surface area (Å²) in [6.07, 6.45) is -8.16. The number of aromatic amines is 1. The lowest BCUT2D eigenvalue weighted by Gasteiger charge is -2.47. The van der Waals surface area contributed by atoms with E-state index in [1.54, 1.807) is 17.0 Å². The van der Waals surface area contributed by atoms with Crippen molar-refractivity contribution in [2.24, 2.45) is 5.92 Å². The highest BCUT2D eigenvalue weighted by Crippen LogP contribution is 2.48. The molecule has 14 heteroatoms. The lowest BCUT2D eigenvalue weighted by Crippen LogP contribution is -2.52. The standard InChI is InChI=1S/C33H39F7N4O3/c1-20(2)28-24-7-6-23(34)17-21(24)8-9-31(28,47-30(45)44-13-15-46-16-14-44)10-12-43(3)11-4-5-27-41-26-19-22(32(35,36)37)18-25(29(26)42-27)33(38,39)40/h6-7,17-20,28H,4-5,8-16H2,1-3H3,(H,41,42). The topological polar surface area (TPSA) is 70.7 Å². The van der Waals surface area contributed by atoms with Crippen LogP contribution in [0.25, 0.3) is 11.0 Å². The van der Waals surface area contributed by atoms with Crippen molar-refractivity contribution in [3.8, 4) is 0 Å². The second kappa shape index (κ2) is 13.6. The van der Waals surface area contributed by atoms with Gasteiger partial charge in [-0.25, -0.2) is 14.2 Å². The van der Waals surface area contributed by atoms with E-state index in [2.05, 4.69) is 23.8 Å². The lowest BCUT2D eigenvalue weighted by molar-refractivity contribution is -0.142. The van der Waals surface area contributed by atoms with E-state index in [4.69, 9.17) is 9.47 Å². The third kappa shape index (κ3) is 7.85. The molecule has 1 saturated heterocycles. The fourth-order valence-corrected chi connectivity index (χ4v) is 6.95. The van der Waals surface area contributed by atoms with E-state index in [0.717, 1.165) is 11.1 Å². The van der Waals surface area contributed by atoms with Crippen LogP contribution in [0.4, 0.5) is 35.5 Å². The molecule has 47 heavy (non-hydrogen) atoms. The van der Waals surface area contributed by atoms with Crippen molar-refractivity contribution >= 4 is 17.1 Å². The molecular formula is C33H39F7N4O3. The van der Waals surface area contributed by atoms with E-state index in [9.17, 15) is 35.5 Å². The fraction of sp³-hybridized carbons (Fsp3) is 0.576. The molecule has 1 amide bonds. The fourth-order valence-electron chi connectivity index (χ4n) is 6.95. The van der Waals surface area contributed by atoms with E-state index in [0.29, 0.717) is 71.1 Å². The normalized spacial score (nSPS) is 20.7. The van der Waals surface area contributed by atoms with Crippen LogP contribution < -0.4 is 0 Å². The molecule has 7 nitrogen and oxygen atoms in total. The highest BCUT2D eigenvalue weighted by atomic mass is 19.4. The second-order valence-electron chi connectivity index (χ2n) is 12.9. The number of aromatic nitrogens is 2. The molecule has 2 unspecified atom stereocenters. The summed E-state index contributed by atoms with van der Waals surface area (Å²) < 4.78 is 107. The molecule has 0 radical (unpaired) electrons. The van der Waals surface area contributed by atoms with Crippen molar-refractivity contribution in [3.05, 3.63) is 64.2 Å². The Kier molecular flexibility index (Phi) is 10.1. The van der Waals surface area contributed by atoms with Crippen LogP contribution in [0.2, 0.25) is 0 Å². The van der Waals surface area contributed by atoms with Gasteiger partial charge >= 0.3 is 18.4 Å². The Hall–Kier alpha value is -3.39. The van der Waals surface area contributed by atoms with Crippen molar-refractivity contribution in [2.75, 3.05) is 46.4 Å². The quantitative estimate of drug-likeness (QED) is 0.238. The van der Waals surface area contributed by atoms with E-state index >= 15 is 0 Å². The number of carbonyl (C=O) groups excluding carboxylic acids is 1. The first-order valence-corrected chi connectivity index (χ1v) is 15.8. The number of nitrogens with zero attached hydrogens (tertiary/aromatic N) is 3. The smallest absolute Gasteiger partial charge is 0.418 e. The second-order valence-corrected chi connectivity index (χ2v) is 12.9. The molecule has 1 N–H and O–H groups in total. The van der Waals surface area contributed by atoms with Crippen molar-refractivity contribution < 1.29 is 45.0 Å². The van der Waals surface area contributed by atoms with Crippen molar-refractivity contribution in [1.29, 1.82) is 0 Å². The minimum atomic E-state index is -5.00. The van der Waals surface area contributed by atoms with Crippen LogP contribution in [0.15, 0.2) is 30.3 Å². The first-order chi connectivity index (χ1) is 22.1. The number of hydrogen-bond donors (Lipinski definition) is 1. The monoisotopic (exact) mass is 672 g/mol. The number of alkyl halides is 6. The summed E-state index contributed by atoms with van der Waals surface area (Å²) in [6.45, 7) is 6.82. The first kappa shape index (κ1) is 34.9. The van der Waals surface area contributed by atoms with Gasteiger partial charge in [-0.2, -0.15) is 26.3 Å². The molecule has 1 aromatic heterocycles. The summed E-state index contributed by atoms with van der Waals surface area (Å²) in [6, 6.07) is 5.49. The van der Waals surface area contributed by atoms with Gasteiger partial charge in [-0.3, -0.25) is 0 Å². The Morgan fingerprint density at radius 1 is 1.11 bits per heavy atom. The Labute approximate surface area is 268 Å². The van der Waals surface area contributed by atoms with Gasteiger partial charge in [0.15, 0.2) is 0 Å². The van der Waals surface area contributed by atoms with Crippen molar-refractivity contribution in [2.45, 2.75) is 69.8 Å². The number of aryl methyl sites for hydroxylation is 2. The summed E-state index contributed by atoms with van der Waals surface area (Å²) >= 11 is 0. The molecule has 1 aliphatic carbocycles. The molecule has 1 aliphatic heterocycles. The van der Waals surface area contributed by atoms with Crippen LogP contribution in [0.3, 0.4) is 0 Å². The van der Waals surface area contributed by atoms with Crippen molar-refractivity contribution in [1.82, 2.24) is 19.8 Å². The summed E-state index contributed by atoms with van der Waals surface area (Å²) in [7, 11) is 1.88. The zero-order valence-electron chi connectivity index (χ0n) is 26.5. The minimum Gasteiger partial charge on any atom is -0.442 e. The number of fused-ring (bicyclic) bond motifs is 2. The van der Waals surface area contributed by atoms with Crippen molar-refractivity contribution in [3.63, 3.8) is 0 Å². The number of morpholine rings is 1. The number of imidazole rings is 1. The van der Waals surface area contributed by atoms with Crippen LogP contribution in [0.1, 0.15) is 67.1 Å². The van der Waals surface area contributed by atoms with Gasteiger partial charge in [0, 0.05) is 38.4 Å². The molecular weight excluding hydrogens is 633 g/mol. The van der Waals surface area contributed by atoms with Gasteiger partial charge in [-0.05, 0) is 74.2 Å². The predicted molar refractivity (Wildman–Crippen MR) is 160 cm³/mol. The Morgan fingerprint density at radius 2 is 1.83 bits per heavy atom. The average molecular weight is 673 g/mol. The van der Waals surface area contributed by atoms with Gasteiger partial charge in [0.1, 0.15) is 22.8 Å². The van der Waals surface area contributed by atoms with Crippen LogP contribution >= 0.6 is 0 Å². The van der Waals surface area contributed by atoms with E-state index < -0.39 is 40.7 Å². The van der Waals surface area contributed by atoms with Gasteiger partial charge in [0.2, 0.25) is 0 Å². The SMILES string of the molecule is CC(C)C1c2ccc(F)cc2CCC1(CCN(C)CCCc1nc2c(C(F)(F)F)cc(C(F)(F)F)cc2[nH]1)OC(=O)N1CCOCC1. The highest BCUT2D eigenvalue weighted by molar-refractivity contribution is 5.80. The molecule has 0 bridgehead atoms. The highest BCUT2D eigenvalue weighted by Gasteiger charge is 2.48. The zero-order valence-corrected chi connectivity index (χ0v) is 26.5. The van der Waals surface area contributed by atoms with Crippen LogP contribution in [-0.4, -0.2) is 77.9 Å².